The molecule has 2 N–H and O–H groups in total. The van der Waals surface area contributed by atoms with Crippen molar-refractivity contribution < 1.29 is 13.9 Å². The zero-order chi connectivity index (χ0) is 11.5. The molecule has 0 aliphatic rings. The van der Waals surface area contributed by atoms with Gasteiger partial charge in [0.25, 0.3) is 0 Å². The summed E-state index contributed by atoms with van der Waals surface area (Å²) in [6, 6.07) is 6.62. The number of methoxy groups -OCH3 is 1. The smallest absolute Gasteiger partial charge is 0.333 e. The maximum absolute atomic E-state index is 12.9. The molecule has 0 bridgehead atoms. The van der Waals surface area contributed by atoms with Crippen molar-refractivity contribution >= 4 is 21.9 Å². The number of hydrogen-bond acceptors (Lipinski definition) is 3. The average Bonchev–Trinajstić information content (AvgIpc) is 2.26. The van der Waals surface area contributed by atoms with Gasteiger partial charge in [-0.15, -0.1) is 0 Å². The second-order valence-corrected chi connectivity index (χ2v) is 4.02. The summed E-state index contributed by atoms with van der Waals surface area (Å²) in [6.45, 7) is -1.00. The first-order chi connectivity index (χ1) is 7.04. The van der Waals surface area contributed by atoms with E-state index in [1.807, 2.05) is 0 Å². The minimum atomic E-state index is -1.72. The molecule has 0 saturated carbocycles. The Balaban J connectivity index is 3.16. The van der Waals surface area contributed by atoms with Gasteiger partial charge in [0, 0.05) is 4.47 Å². The Bertz CT molecular complexity index is 372. The van der Waals surface area contributed by atoms with Crippen LogP contribution >= 0.6 is 15.9 Å². The molecule has 0 radical (unpaired) electrons. The zero-order valence-corrected chi connectivity index (χ0v) is 9.75. The van der Waals surface area contributed by atoms with E-state index in [9.17, 15) is 9.18 Å². The highest BCUT2D eigenvalue weighted by Gasteiger charge is 2.37. The lowest BCUT2D eigenvalue weighted by Crippen LogP contribution is -2.47. The van der Waals surface area contributed by atoms with Crippen molar-refractivity contribution in [3.8, 4) is 0 Å². The van der Waals surface area contributed by atoms with E-state index in [0.29, 0.717) is 5.56 Å². The highest BCUT2D eigenvalue weighted by Crippen LogP contribution is 2.23. The summed E-state index contributed by atoms with van der Waals surface area (Å²) in [4.78, 5) is 11.4. The number of nitrogens with two attached hydrogens (primary N) is 1. The lowest BCUT2D eigenvalue weighted by Gasteiger charge is -2.23. The quantitative estimate of drug-likeness (QED) is 0.856. The SMILES string of the molecule is COC(=O)C(N)(CF)c1cccc(Br)c1. The van der Waals surface area contributed by atoms with Crippen LogP contribution in [0.4, 0.5) is 4.39 Å². The molecule has 0 fully saturated rings. The number of rotatable bonds is 3. The molecule has 0 amide bonds. The topological polar surface area (TPSA) is 52.3 Å². The molecule has 0 aliphatic heterocycles. The van der Waals surface area contributed by atoms with Gasteiger partial charge in [-0.1, -0.05) is 28.1 Å². The van der Waals surface area contributed by atoms with Crippen LogP contribution in [0.5, 0.6) is 0 Å². The summed E-state index contributed by atoms with van der Waals surface area (Å²) in [5.41, 5.74) is 4.33. The molecule has 1 atom stereocenters. The minimum absolute atomic E-state index is 0.381. The molecular formula is C10H11BrFNO2. The van der Waals surface area contributed by atoms with Gasteiger partial charge >= 0.3 is 5.97 Å². The van der Waals surface area contributed by atoms with Crippen molar-refractivity contribution in [3.63, 3.8) is 0 Å². The molecule has 1 aromatic rings. The van der Waals surface area contributed by atoms with E-state index in [4.69, 9.17) is 5.73 Å². The van der Waals surface area contributed by atoms with Crippen LogP contribution in [0.15, 0.2) is 28.7 Å². The van der Waals surface area contributed by atoms with Crippen molar-refractivity contribution in [1.82, 2.24) is 0 Å². The minimum Gasteiger partial charge on any atom is -0.467 e. The molecule has 0 aliphatic carbocycles. The fourth-order valence-corrected chi connectivity index (χ4v) is 1.60. The first-order valence-electron chi connectivity index (χ1n) is 4.24. The van der Waals surface area contributed by atoms with Crippen LogP contribution in [-0.2, 0) is 15.1 Å². The van der Waals surface area contributed by atoms with Crippen LogP contribution in [0, 0.1) is 0 Å². The Morgan fingerprint density at radius 2 is 2.33 bits per heavy atom. The summed E-state index contributed by atoms with van der Waals surface area (Å²) >= 11 is 3.22. The molecule has 0 spiro atoms. The van der Waals surface area contributed by atoms with Crippen molar-refractivity contribution in [2.24, 2.45) is 5.73 Å². The third kappa shape index (κ3) is 2.35. The van der Waals surface area contributed by atoms with Gasteiger partial charge < -0.3 is 10.5 Å². The Labute approximate surface area is 95.5 Å². The molecule has 15 heavy (non-hydrogen) atoms. The maximum atomic E-state index is 12.9. The van der Waals surface area contributed by atoms with Gasteiger partial charge in [0.05, 0.1) is 7.11 Å². The Morgan fingerprint density at radius 3 is 2.80 bits per heavy atom. The predicted octanol–water partition coefficient (Wildman–Crippen LogP) is 1.75. The Hall–Kier alpha value is -0.940. The van der Waals surface area contributed by atoms with Gasteiger partial charge in [-0.05, 0) is 17.7 Å². The Kier molecular flexibility index (Phi) is 3.82. The summed E-state index contributed by atoms with van der Waals surface area (Å²) in [5.74, 6) is -0.789. The van der Waals surface area contributed by atoms with Gasteiger partial charge in [0.15, 0.2) is 5.54 Å². The van der Waals surface area contributed by atoms with Crippen molar-refractivity contribution in [1.29, 1.82) is 0 Å². The molecule has 0 aromatic heterocycles. The monoisotopic (exact) mass is 275 g/mol. The van der Waals surface area contributed by atoms with Crippen molar-refractivity contribution in [3.05, 3.63) is 34.3 Å². The maximum Gasteiger partial charge on any atom is 0.333 e. The number of benzene rings is 1. The first kappa shape index (κ1) is 12.1. The molecule has 0 heterocycles. The second-order valence-electron chi connectivity index (χ2n) is 3.11. The summed E-state index contributed by atoms with van der Waals surface area (Å²) in [5, 5.41) is 0. The highest BCUT2D eigenvalue weighted by molar-refractivity contribution is 9.10. The Morgan fingerprint density at radius 1 is 1.67 bits per heavy atom. The number of alkyl halides is 1. The highest BCUT2D eigenvalue weighted by atomic mass is 79.9. The predicted molar refractivity (Wildman–Crippen MR) is 58.0 cm³/mol. The van der Waals surface area contributed by atoms with Crippen molar-refractivity contribution in [2.45, 2.75) is 5.54 Å². The van der Waals surface area contributed by atoms with Crippen LogP contribution in [-0.4, -0.2) is 19.8 Å². The van der Waals surface area contributed by atoms with Gasteiger partial charge in [0.1, 0.15) is 6.67 Å². The third-order valence-corrected chi connectivity index (χ3v) is 2.59. The standard InChI is InChI=1S/C10H11BrFNO2/c1-15-9(14)10(13,6-12)7-3-2-4-8(11)5-7/h2-5H,6,13H2,1H3. The number of carbonyl (C=O) groups excluding carboxylic acids is 1. The molecule has 3 nitrogen and oxygen atoms in total. The number of halogens is 2. The molecular weight excluding hydrogens is 265 g/mol. The van der Waals surface area contributed by atoms with E-state index in [1.54, 1.807) is 24.3 Å². The van der Waals surface area contributed by atoms with E-state index in [2.05, 4.69) is 20.7 Å². The fraction of sp³-hybridized carbons (Fsp3) is 0.300. The summed E-state index contributed by atoms with van der Waals surface area (Å²) < 4.78 is 18.1. The lowest BCUT2D eigenvalue weighted by molar-refractivity contribution is -0.148. The van der Waals surface area contributed by atoms with Gasteiger partial charge in [-0.3, -0.25) is 0 Å². The van der Waals surface area contributed by atoms with Crippen LogP contribution in [0.1, 0.15) is 5.56 Å². The molecule has 1 rings (SSSR count). The first-order valence-corrected chi connectivity index (χ1v) is 5.03. The van der Waals surface area contributed by atoms with Crippen molar-refractivity contribution in [2.75, 3.05) is 13.8 Å². The molecule has 1 unspecified atom stereocenters. The molecule has 1 aromatic carbocycles. The number of esters is 1. The van der Waals surface area contributed by atoms with Gasteiger partial charge in [0.2, 0.25) is 0 Å². The average molecular weight is 276 g/mol. The third-order valence-electron chi connectivity index (χ3n) is 2.10. The van der Waals surface area contributed by atoms with Crippen LogP contribution in [0.3, 0.4) is 0 Å². The zero-order valence-electron chi connectivity index (χ0n) is 8.17. The lowest BCUT2D eigenvalue weighted by atomic mass is 9.92. The van der Waals surface area contributed by atoms with E-state index >= 15 is 0 Å². The number of ether oxygens (including phenoxy) is 1. The normalized spacial score (nSPS) is 14.4. The fourth-order valence-electron chi connectivity index (χ4n) is 1.20. The summed E-state index contributed by atoms with van der Waals surface area (Å²) in [7, 11) is 1.18. The van der Waals surface area contributed by atoms with Crippen LogP contribution in [0.25, 0.3) is 0 Å². The summed E-state index contributed by atoms with van der Waals surface area (Å²) in [6.07, 6.45) is 0. The van der Waals surface area contributed by atoms with E-state index in [0.717, 1.165) is 4.47 Å². The van der Waals surface area contributed by atoms with E-state index < -0.39 is 18.2 Å². The van der Waals surface area contributed by atoms with Gasteiger partial charge in [-0.25, -0.2) is 9.18 Å². The van der Waals surface area contributed by atoms with Gasteiger partial charge in [-0.2, -0.15) is 0 Å². The molecule has 82 valence electrons. The molecule has 5 heteroatoms. The largest absolute Gasteiger partial charge is 0.467 e. The number of hydrogen-bond donors (Lipinski definition) is 1. The molecule has 0 saturated heterocycles. The number of carbonyl (C=O) groups is 1. The second kappa shape index (κ2) is 4.72. The van der Waals surface area contributed by atoms with E-state index in [-0.39, 0.29) is 0 Å². The van der Waals surface area contributed by atoms with Crippen LogP contribution in [0.2, 0.25) is 0 Å². The van der Waals surface area contributed by atoms with Crippen LogP contribution < -0.4 is 5.73 Å². The van der Waals surface area contributed by atoms with E-state index in [1.165, 1.54) is 7.11 Å².